The van der Waals surface area contributed by atoms with Crippen LogP contribution in [0.5, 0.6) is 0 Å². The number of carbonyl (C=O) groups is 1. The molecule has 1 aliphatic heterocycles. The van der Waals surface area contributed by atoms with Gasteiger partial charge < -0.3 is 10.1 Å². The van der Waals surface area contributed by atoms with Crippen molar-refractivity contribution in [3.8, 4) is 0 Å². The van der Waals surface area contributed by atoms with Gasteiger partial charge in [-0.1, -0.05) is 26.0 Å². The van der Waals surface area contributed by atoms with Gasteiger partial charge in [0, 0.05) is 26.2 Å². The Morgan fingerprint density at radius 2 is 1.90 bits per heavy atom. The molecule has 2 N–H and O–H groups in total. The predicted octanol–water partition coefficient (Wildman–Crippen LogP) is 2.71. The van der Waals surface area contributed by atoms with Crippen LogP contribution in [0.4, 0.5) is 10.1 Å². The maximum atomic E-state index is 13.1. The Morgan fingerprint density at radius 3 is 2.61 bits per heavy atom. The van der Waals surface area contributed by atoms with Gasteiger partial charge in [-0.15, -0.1) is 0 Å². The van der Waals surface area contributed by atoms with E-state index in [0.29, 0.717) is 19.1 Å². The molecule has 0 aromatic heterocycles. The van der Waals surface area contributed by atoms with Crippen LogP contribution < -0.4 is 10.0 Å². The smallest absolute Gasteiger partial charge is 0.261 e. The van der Waals surface area contributed by atoms with Gasteiger partial charge in [-0.05, 0) is 42.3 Å². The van der Waals surface area contributed by atoms with Crippen molar-refractivity contribution in [2.75, 3.05) is 37.5 Å². The highest BCUT2D eigenvalue weighted by atomic mass is 32.2. The fourth-order valence-electron chi connectivity index (χ4n) is 3.48. The first-order chi connectivity index (χ1) is 14.7. The van der Waals surface area contributed by atoms with Gasteiger partial charge in [0.2, 0.25) is 0 Å². The van der Waals surface area contributed by atoms with Gasteiger partial charge in [-0.25, -0.2) is 12.8 Å². The molecule has 1 atom stereocenters. The Morgan fingerprint density at radius 1 is 1.19 bits per heavy atom. The van der Waals surface area contributed by atoms with Gasteiger partial charge in [0.25, 0.3) is 15.9 Å². The Hall–Kier alpha value is -2.49. The second-order valence-corrected chi connectivity index (χ2v) is 9.64. The maximum absolute atomic E-state index is 13.1. The highest BCUT2D eigenvalue weighted by molar-refractivity contribution is 7.92. The number of amides is 1. The first kappa shape index (κ1) is 23.2. The highest BCUT2D eigenvalue weighted by Gasteiger charge is 2.23. The van der Waals surface area contributed by atoms with Crippen LogP contribution in [0.25, 0.3) is 0 Å². The lowest BCUT2D eigenvalue weighted by Crippen LogP contribution is -2.48. The summed E-state index contributed by atoms with van der Waals surface area (Å²) in [5, 5.41) is 2.84. The lowest BCUT2D eigenvalue weighted by atomic mass is 10.1. The highest BCUT2D eigenvalue weighted by Crippen LogP contribution is 2.20. The van der Waals surface area contributed by atoms with Gasteiger partial charge in [-0.3, -0.25) is 14.4 Å². The van der Waals surface area contributed by atoms with Crippen molar-refractivity contribution in [3.05, 3.63) is 59.9 Å². The van der Waals surface area contributed by atoms with Crippen molar-refractivity contribution in [1.82, 2.24) is 10.2 Å². The molecule has 1 amide bonds. The number of nitrogens with zero attached hydrogens (tertiary/aromatic N) is 1. The number of hydrogen-bond donors (Lipinski definition) is 2. The molecule has 31 heavy (non-hydrogen) atoms. The number of hydrogen-bond acceptors (Lipinski definition) is 5. The number of morpholine rings is 1. The molecule has 1 fully saturated rings. The van der Waals surface area contributed by atoms with Crippen LogP contribution in [0.3, 0.4) is 0 Å². The zero-order valence-electron chi connectivity index (χ0n) is 17.7. The summed E-state index contributed by atoms with van der Waals surface area (Å²) in [4.78, 5) is 15.0. The summed E-state index contributed by atoms with van der Waals surface area (Å²) in [6, 6.07) is 10.8. The predicted molar refractivity (Wildman–Crippen MR) is 117 cm³/mol. The maximum Gasteiger partial charge on any atom is 0.261 e. The fraction of sp³-hybridized carbons (Fsp3) is 0.409. The second kappa shape index (κ2) is 10.2. The van der Waals surface area contributed by atoms with E-state index in [0.717, 1.165) is 31.8 Å². The van der Waals surface area contributed by atoms with E-state index in [-0.39, 0.29) is 22.3 Å². The monoisotopic (exact) mass is 449 g/mol. The average molecular weight is 450 g/mol. The van der Waals surface area contributed by atoms with Crippen LogP contribution in [0.1, 0.15) is 24.2 Å². The van der Waals surface area contributed by atoms with Gasteiger partial charge in [0.05, 0.1) is 28.9 Å². The van der Waals surface area contributed by atoms with Crippen LogP contribution in [-0.2, 0) is 14.8 Å². The number of ether oxygens (including phenoxy) is 1. The Labute approximate surface area is 182 Å². The normalized spacial score (nSPS) is 17.5. The van der Waals surface area contributed by atoms with Gasteiger partial charge in [0.1, 0.15) is 5.82 Å². The summed E-state index contributed by atoms with van der Waals surface area (Å²) < 4.78 is 46.5. The molecule has 0 saturated carbocycles. The third kappa shape index (κ3) is 6.49. The minimum atomic E-state index is -3.97. The molecule has 168 valence electrons. The summed E-state index contributed by atoms with van der Waals surface area (Å²) in [5.74, 6) is -0.382. The van der Waals surface area contributed by atoms with Crippen molar-refractivity contribution in [3.63, 3.8) is 0 Å². The van der Waals surface area contributed by atoms with Gasteiger partial charge >= 0.3 is 0 Å². The SMILES string of the molecule is CC(C)CN1CCOC(CNC(=O)c2ccccc2NS(=O)(=O)c2ccc(F)cc2)C1. The number of anilines is 1. The molecule has 0 bridgehead atoms. The number of carbonyl (C=O) groups excluding carboxylic acids is 1. The molecule has 1 aliphatic rings. The molecular formula is C22H28FN3O4S. The second-order valence-electron chi connectivity index (χ2n) is 7.96. The standard InChI is InChI=1S/C22H28FN3O4S/c1-16(2)14-26-11-12-30-18(15-26)13-24-22(27)20-5-3-4-6-21(20)25-31(28,29)19-9-7-17(23)8-10-19/h3-10,16,18,25H,11-15H2,1-2H3,(H,24,27). The Kier molecular flexibility index (Phi) is 7.64. The van der Waals surface area contributed by atoms with Crippen LogP contribution in [0, 0.1) is 11.7 Å². The van der Waals surface area contributed by atoms with E-state index in [1.807, 2.05) is 0 Å². The molecule has 3 rings (SSSR count). The summed E-state index contributed by atoms with van der Waals surface area (Å²) >= 11 is 0. The van der Waals surface area contributed by atoms with E-state index in [2.05, 4.69) is 28.8 Å². The summed E-state index contributed by atoms with van der Waals surface area (Å²) in [6.45, 7) is 7.84. The molecule has 2 aromatic carbocycles. The Balaban J connectivity index is 1.65. The van der Waals surface area contributed by atoms with Gasteiger partial charge in [-0.2, -0.15) is 0 Å². The molecule has 1 unspecified atom stereocenters. The topological polar surface area (TPSA) is 87.7 Å². The molecule has 0 aliphatic carbocycles. The van der Waals surface area contributed by atoms with Crippen LogP contribution in [0.15, 0.2) is 53.4 Å². The van der Waals surface area contributed by atoms with Crippen LogP contribution in [0.2, 0.25) is 0 Å². The van der Waals surface area contributed by atoms with Crippen LogP contribution in [-0.4, -0.2) is 58.1 Å². The fourth-order valence-corrected chi connectivity index (χ4v) is 4.56. The molecular weight excluding hydrogens is 421 g/mol. The van der Waals surface area contributed by atoms with E-state index in [1.54, 1.807) is 18.2 Å². The largest absolute Gasteiger partial charge is 0.374 e. The molecule has 1 saturated heterocycles. The third-order valence-electron chi connectivity index (χ3n) is 4.88. The zero-order valence-corrected chi connectivity index (χ0v) is 18.5. The zero-order chi connectivity index (χ0) is 22.4. The molecule has 1 heterocycles. The quantitative estimate of drug-likeness (QED) is 0.647. The van der Waals surface area contributed by atoms with Crippen molar-refractivity contribution in [1.29, 1.82) is 0 Å². The van der Waals surface area contributed by atoms with Gasteiger partial charge in [0.15, 0.2) is 0 Å². The number of halogens is 1. The summed E-state index contributed by atoms with van der Waals surface area (Å²) in [5.41, 5.74) is 0.346. The molecule has 9 heteroatoms. The minimum Gasteiger partial charge on any atom is -0.374 e. The summed E-state index contributed by atoms with van der Waals surface area (Å²) in [6.07, 6.45) is -0.125. The number of nitrogens with one attached hydrogen (secondary N) is 2. The van der Waals surface area contributed by atoms with Crippen molar-refractivity contribution in [2.24, 2.45) is 5.92 Å². The van der Waals surface area contributed by atoms with Crippen LogP contribution >= 0.6 is 0 Å². The number of benzene rings is 2. The van der Waals surface area contributed by atoms with E-state index >= 15 is 0 Å². The van der Waals surface area contributed by atoms with E-state index < -0.39 is 21.7 Å². The first-order valence-electron chi connectivity index (χ1n) is 10.2. The number of para-hydroxylation sites is 1. The lowest BCUT2D eigenvalue weighted by Gasteiger charge is -2.34. The molecule has 0 spiro atoms. The molecule has 2 aromatic rings. The average Bonchev–Trinajstić information content (AvgIpc) is 2.72. The van der Waals surface area contributed by atoms with Crippen molar-refractivity contribution >= 4 is 21.6 Å². The minimum absolute atomic E-state index is 0.0926. The third-order valence-corrected chi connectivity index (χ3v) is 6.26. The van der Waals surface area contributed by atoms with Crippen molar-refractivity contribution < 1.29 is 22.3 Å². The van der Waals surface area contributed by atoms with E-state index in [1.165, 1.54) is 18.2 Å². The Bertz CT molecular complexity index is 996. The van der Waals surface area contributed by atoms with E-state index in [4.69, 9.17) is 4.74 Å². The number of sulfonamides is 1. The molecule has 0 radical (unpaired) electrons. The summed E-state index contributed by atoms with van der Waals surface area (Å²) in [7, 11) is -3.97. The lowest BCUT2D eigenvalue weighted by molar-refractivity contribution is -0.0295. The number of rotatable bonds is 8. The van der Waals surface area contributed by atoms with E-state index in [9.17, 15) is 17.6 Å². The first-order valence-corrected chi connectivity index (χ1v) is 11.7. The van der Waals surface area contributed by atoms with Crippen molar-refractivity contribution in [2.45, 2.75) is 24.8 Å². The molecule has 7 nitrogen and oxygen atoms in total.